The van der Waals surface area contributed by atoms with Crippen molar-refractivity contribution in [3.05, 3.63) is 35.6 Å². The van der Waals surface area contributed by atoms with Gasteiger partial charge in [0.25, 0.3) is 0 Å². The Kier molecular flexibility index (Phi) is 5.09. The van der Waals surface area contributed by atoms with Crippen molar-refractivity contribution in [1.82, 2.24) is 5.32 Å². The fraction of sp³-hybridized carbons (Fsp3) is 0.533. The summed E-state index contributed by atoms with van der Waals surface area (Å²) in [6.07, 6.45) is 1.63. The van der Waals surface area contributed by atoms with E-state index in [1.807, 2.05) is 0 Å². The molecule has 0 atom stereocenters. The number of nitrogens with one attached hydrogen (secondary N) is 1. The van der Waals surface area contributed by atoms with E-state index in [4.69, 9.17) is 4.74 Å². The van der Waals surface area contributed by atoms with Crippen LogP contribution in [0.3, 0.4) is 0 Å². The number of carbonyl (C=O) groups is 1. The Morgan fingerprint density at radius 2 is 2.05 bits per heavy atom. The highest BCUT2D eigenvalue weighted by molar-refractivity contribution is 5.76. The standard InChI is InChI=1S/C15H20FNO3/c16-13-4-2-1-3-12(13)5-6-14(18)17-11-15(19)7-9-20-10-8-15/h1-4,19H,5-11H2,(H,17,18). The van der Waals surface area contributed by atoms with Crippen LogP contribution in [0.25, 0.3) is 0 Å². The molecule has 0 aromatic heterocycles. The molecule has 20 heavy (non-hydrogen) atoms. The predicted octanol–water partition coefficient (Wildman–Crippen LogP) is 1.42. The quantitative estimate of drug-likeness (QED) is 0.858. The van der Waals surface area contributed by atoms with Gasteiger partial charge in [-0.25, -0.2) is 4.39 Å². The van der Waals surface area contributed by atoms with E-state index in [9.17, 15) is 14.3 Å². The van der Waals surface area contributed by atoms with Gasteiger partial charge in [-0.2, -0.15) is 0 Å². The summed E-state index contributed by atoms with van der Waals surface area (Å²) in [7, 11) is 0. The lowest BCUT2D eigenvalue weighted by Crippen LogP contribution is -2.46. The van der Waals surface area contributed by atoms with Crippen LogP contribution in [0.4, 0.5) is 4.39 Å². The Morgan fingerprint density at radius 1 is 1.35 bits per heavy atom. The lowest BCUT2D eigenvalue weighted by Gasteiger charge is -2.32. The first kappa shape index (κ1) is 14.9. The number of benzene rings is 1. The van der Waals surface area contributed by atoms with Crippen LogP contribution in [-0.4, -0.2) is 36.4 Å². The monoisotopic (exact) mass is 281 g/mol. The van der Waals surface area contributed by atoms with Gasteiger partial charge in [0.05, 0.1) is 5.60 Å². The number of carbonyl (C=O) groups excluding carboxylic acids is 1. The zero-order valence-corrected chi connectivity index (χ0v) is 11.4. The van der Waals surface area contributed by atoms with Gasteiger partial charge in [0.15, 0.2) is 0 Å². The molecule has 0 aliphatic carbocycles. The van der Waals surface area contributed by atoms with E-state index in [2.05, 4.69) is 5.32 Å². The highest BCUT2D eigenvalue weighted by Gasteiger charge is 2.29. The summed E-state index contributed by atoms with van der Waals surface area (Å²) < 4.78 is 18.6. The van der Waals surface area contributed by atoms with E-state index in [0.29, 0.717) is 38.0 Å². The molecule has 1 aromatic carbocycles. The van der Waals surface area contributed by atoms with Crippen LogP contribution < -0.4 is 5.32 Å². The molecule has 2 N–H and O–H groups in total. The van der Waals surface area contributed by atoms with Gasteiger partial charge in [-0.1, -0.05) is 18.2 Å². The number of aliphatic hydroxyl groups is 1. The number of aryl methyl sites for hydroxylation is 1. The predicted molar refractivity (Wildman–Crippen MR) is 72.7 cm³/mol. The Labute approximate surface area is 117 Å². The third-order valence-electron chi connectivity index (χ3n) is 3.62. The minimum atomic E-state index is -0.869. The molecule has 0 saturated carbocycles. The molecule has 0 unspecified atom stereocenters. The Bertz CT molecular complexity index is 458. The molecule has 1 aromatic rings. The largest absolute Gasteiger partial charge is 0.388 e. The molecule has 110 valence electrons. The van der Waals surface area contributed by atoms with Crippen LogP contribution in [0.1, 0.15) is 24.8 Å². The van der Waals surface area contributed by atoms with Crippen LogP contribution in [0.5, 0.6) is 0 Å². The van der Waals surface area contributed by atoms with E-state index in [0.717, 1.165) is 0 Å². The molecule has 1 aliphatic heterocycles. The van der Waals surface area contributed by atoms with Crippen molar-refractivity contribution >= 4 is 5.91 Å². The van der Waals surface area contributed by atoms with Crippen LogP contribution >= 0.6 is 0 Å². The van der Waals surface area contributed by atoms with E-state index in [1.165, 1.54) is 6.07 Å². The summed E-state index contributed by atoms with van der Waals surface area (Å²) in [5, 5.41) is 12.9. The normalized spacial score (nSPS) is 17.7. The minimum absolute atomic E-state index is 0.173. The molecule has 0 radical (unpaired) electrons. The number of amides is 1. The fourth-order valence-corrected chi connectivity index (χ4v) is 2.23. The van der Waals surface area contributed by atoms with Gasteiger partial charge in [-0.15, -0.1) is 0 Å². The van der Waals surface area contributed by atoms with E-state index >= 15 is 0 Å². The molecule has 1 saturated heterocycles. The number of ether oxygens (including phenoxy) is 1. The van der Waals surface area contributed by atoms with Crippen molar-refractivity contribution in [3.63, 3.8) is 0 Å². The SMILES string of the molecule is O=C(CCc1ccccc1F)NCC1(O)CCOCC1. The maximum Gasteiger partial charge on any atom is 0.220 e. The Hall–Kier alpha value is -1.46. The van der Waals surface area contributed by atoms with Crippen molar-refractivity contribution in [2.24, 2.45) is 0 Å². The van der Waals surface area contributed by atoms with Crippen molar-refractivity contribution in [2.75, 3.05) is 19.8 Å². The summed E-state index contributed by atoms with van der Waals surface area (Å²) >= 11 is 0. The van der Waals surface area contributed by atoms with Gasteiger partial charge >= 0.3 is 0 Å². The van der Waals surface area contributed by atoms with Crippen LogP contribution in [0, 0.1) is 5.82 Å². The maximum absolute atomic E-state index is 13.4. The fourth-order valence-electron chi connectivity index (χ4n) is 2.23. The lowest BCUT2D eigenvalue weighted by atomic mass is 9.94. The molecule has 0 bridgehead atoms. The maximum atomic E-state index is 13.4. The summed E-state index contributed by atoms with van der Waals surface area (Å²) in [5.74, 6) is -0.462. The first-order chi connectivity index (χ1) is 9.59. The van der Waals surface area contributed by atoms with Crippen LogP contribution in [0.2, 0.25) is 0 Å². The van der Waals surface area contributed by atoms with E-state index in [-0.39, 0.29) is 24.7 Å². The average Bonchev–Trinajstić information content (AvgIpc) is 2.45. The molecule has 1 fully saturated rings. The molecule has 1 amide bonds. The van der Waals surface area contributed by atoms with E-state index < -0.39 is 5.60 Å². The van der Waals surface area contributed by atoms with Crippen molar-refractivity contribution < 1.29 is 19.0 Å². The molecular formula is C15H20FNO3. The second-order valence-electron chi connectivity index (χ2n) is 5.20. The smallest absolute Gasteiger partial charge is 0.220 e. The zero-order valence-electron chi connectivity index (χ0n) is 11.4. The third kappa shape index (κ3) is 4.28. The third-order valence-corrected chi connectivity index (χ3v) is 3.62. The van der Waals surface area contributed by atoms with Crippen LogP contribution in [-0.2, 0) is 16.0 Å². The first-order valence-electron chi connectivity index (χ1n) is 6.89. The molecule has 5 heteroatoms. The van der Waals surface area contributed by atoms with Gasteiger partial charge in [0.1, 0.15) is 5.82 Å². The lowest BCUT2D eigenvalue weighted by molar-refractivity contribution is -0.123. The second-order valence-corrected chi connectivity index (χ2v) is 5.20. The number of halogens is 1. The topological polar surface area (TPSA) is 58.6 Å². The Balaban J connectivity index is 1.74. The molecule has 0 spiro atoms. The molecule has 2 rings (SSSR count). The molecule has 1 aliphatic rings. The molecule has 1 heterocycles. The highest BCUT2D eigenvalue weighted by atomic mass is 19.1. The molecule has 4 nitrogen and oxygen atoms in total. The average molecular weight is 281 g/mol. The Morgan fingerprint density at radius 3 is 2.75 bits per heavy atom. The van der Waals surface area contributed by atoms with Gasteiger partial charge in [0.2, 0.25) is 5.91 Å². The van der Waals surface area contributed by atoms with Crippen molar-refractivity contribution in [2.45, 2.75) is 31.3 Å². The van der Waals surface area contributed by atoms with Crippen molar-refractivity contribution in [1.29, 1.82) is 0 Å². The minimum Gasteiger partial charge on any atom is -0.388 e. The second kappa shape index (κ2) is 6.81. The van der Waals surface area contributed by atoms with Crippen LogP contribution in [0.15, 0.2) is 24.3 Å². The van der Waals surface area contributed by atoms with Crippen molar-refractivity contribution in [3.8, 4) is 0 Å². The summed E-state index contributed by atoms with van der Waals surface area (Å²) in [4.78, 5) is 11.7. The number of hydrogen-bond donors (Lipinski definition) is 2. The van der Waals surface area contributed by atoms with Gasteiger partial charge in [0, 0.05) is 39.0 Å². The summed E-state index contributed by atoms with van der Waals surface area (Å²) in [6, 6.07) is 6.44. The van der Waals surface area contributed by atoms with Gasteiger partial charge < -0.3 is 15.2 Å². The highest BCUT2D eigenvalue weighted by Crippen LogP contribution is 2.19. The van der Waals surface area contributed by atoms with E-state index in [1.54, 1.807) is 18.2 Å². The first-order valence-corrected chi connectivity index (χ1v) is 6.89. The van der Waals surface area contributed by atoms with Gasteiger partial charge in [-0.05, 0) is 18.1 Å². The van der Waals surface area contributed by atoms with Gasteiger partial charge in [-0.3, -0.25) is 4.79 Å². The summed E-state index contributed by atoms with van der Waals surface area (Å²) in [5.41, 5.74) is -0.334. The zero-order chi connectivity index (χ0) is 14.4. The number of rotatable bonds is 5. The number of hydrogen-bond acceptors (Lipinski definition) is 3. The molecular weight excluding hydrogens is 261 g/mol. The summed E-state index contributed by atoms with van der Waals surface area (Å²) in [6.45, 7) is 1.26.